The molecule has 8 heteroatoms. The molecule has 2 atom stereocenters. The topological polar surface area (TPSA) is 73.2 Å². The number of para-hydroxylation sites is 1. The van der Waals surface area contributed by atoms with Crippen molar-refractivity contribution >= 4 is 40.2 Å². The van der Waals surface area contributed by atoms with Crippen molar-refractivity contribution < 1.29 is 9.53 Å². The summed E-state index contributed by atoms with van der Waals surface area (Å²) < 4.78 is 7.40. The molecule has 0 radical (unpaired) electrons. The fourth-order valence-electron chi connectivity index (χ4n) is 3.54. The van der Waals surface area contributed by atoms with Gasteiger partial charge >= 0.3 is 0 Å². The third-order valence-corrected chi connectivity index (χ3v) is 6.61. The minimum atomic E-state index is -0.420. The number of hydrogen-bond donors (Lipinski definition) is 1. The van der Waals surface area contributed by atoms with E-state index in [2.05, 4.69) is 5.32 Å². The number of fused-ring (bicyclic) bond motifs is 1. The number of nitrogens with zero attached hydrogens (tertiary/aromatic N) is 2. The van der Waals surface area contributed by atoms with Crippen LogP contribution in [0.1, 0.15) is 25.3 Å². The Hall–Kier alpha value is -2.35. The smallest absolute Gasteiger partial charge is 0.262 e. The number of nitrogens with one attached hydrogen (secondary N) is 1. The first-order chi connectivity index (χ1) is 15.0. The van der Waals surface area contributed by atoms with Crippen LogP contribution in [0.15, 0.2) is 58.5 Å². The predicted molar refractivity (Wildman–Crippen MR) is 124 cm³/mol. The van der Waals surface area contributed by atoms with Gasteiger partial charge in [-0.1, -0.05) is 47.6 Å². The van der Waals surface area contributed by atoms with Crippen LogP contribution in [-0.4, -0.2) is 33.4 Å². The molecule has 1 N–H and O–H groups in total. The lowest BCUT2D eigenvalue weighted by Gasteiger charge is -2.18. The number of halogens is 1. The van der Waals surface area contributed by atoms with E-state index in [1.54, 1.807) is 22.8 Å². The summed E-state index contributed by atoms with van der Waals surface area (Å²) in [6.07, 6.45) is 1.90. The Morgan fingerprint density at radius 2 is 2.06 bits per heavy atom. The third kappa shape index (κ3) is 5.29. The highest BCUT2D eigenvalue weighted by Gasteiger charge is 2.23. The van der Waals surface area contributed by atoms with Crippen molar-refractivity contribution in [1.29, 1.82) is 0 Å². The molecule has 0 spiro atoms. The highest BCUT2D eigenvalue weighted by Crippen LogP contribution is 2.24. The Morgan fingerprint density at radius 1 is 1.29 bits per heavy atom. The zero-order chi connectivity index (χ0) is 21.8. The van der Waals surface area contributed by atoms with Gasteiger partial charge in [-0.2, -0.15) is 0 Å². The number of thioether (sulfide) groups is 1. The maximum Gasteiger partial charge on any atom is 0.262 e. The number of carbonyl (C=O) groups excluding carboxylic acids is 1. The van der Waals surface area contributed by atoms with E-state index in [0.29, 0.717) is 40.8 Å². The molecule has 3 aromatic rings. The van der Waals surface area contributed by atoms with Gasteiger partial charge in [0.15, 0.2) is 5.16 Å². The van der Waals surface area contributed by atoms with Gasteiger partial charge in [-0.3, -0.25) is 14.2 Å². The molecular formula is C23H24ClN3O3S. The summed E-state index contributed by atoms with van der Waals surface area (Å²) in [6.45, 7) is 3.39. The fourth-order valence-corrected chi connectivity index (χ4v) is 4.61. The lowest BCUT2D eigenvalue weighted by Crippen LogP contribution is -2.33. The number of hydrogen-bond acceptors (Lipinski definition) is 5. The molecule has 0 aliphatic carbocycles. The molecule has 1 aliphatic rings. The molecule has 1 saturated heterocycles. The number of benzene rings is 2. The largest absolute Gasteiger partial charge is 0.376 e. The second kappa shape index (κ2) is 9.85. The molecule has 0 bridgehead atoms. The average Bonchev–Trinajstić information content (AvgIpc) is 3.29. The first kappa shape index (κ1) is 21.9. The number of amides is 1. The van der Waals surface area contributed by atoms with Crippen molar-refractivity contribution in [2.24, 2.45) is 0 Å². The first-order valence-electron chi connectivity index (χ1n) is 10.3. The summed E-state index contributed by atoms with van der Waals surface area (Å²) in [5.74, 6) is -0.119. The Bertz CT molecular complexity index is 1130. The second-order valence-electron chi connectivity index (χ2n) is 7.57. The Morgan fingerprint density at radius 3 is 2.81 bits per heavy atom. The van der Waals surface area contributed by atoms with Crippen LogP contribution < -0.4 is 10.9 Å². The van der Waals surface area contributed by atoms with E-state index in [1.165, 1.54) is 11.8 Å². The molecule has 1 aromatic heterocycles. The Kier molecular flexibility index (Phi) is 6.95. The molecule has 0 saturated carbocycles. The molecular weight excluding hydrogens is 434 g/mol. The standard InChI is InChI=1S/C23H24ClN3O3S/c1-15(21(28)25-13-16-8-10-17(24)11-9-16)31-23-26-20-7-3-2-6-19(20)22(29)27(23)14-18-5-4-12-30-18/h2-3,6-11,15,18H,4-5,12-14H2,1H3,(H,25,28). The Labute approximate surface area is 190 Å². The molecule has 1 aliphatic heterocycles. The fraction of sp³-hybridized carbons (Fsp3) is 0.348. The summed E-state index contributed by atoms with van der Waals surface area (Å²) in [4.78, 5) is 30.6. The molecule has 1 fully saturated rings. The van der Waals surface area contributed by atoms with E-state index in [9.17, 15) is 9.59 Å². The van der Waals surface area contributed by atoms with E-state index in [-0.39, 0.29) is 17.6 Å². The van der Waals surface area contributed by atoms with Crippen LogP contribution in [0, 0.1) is 0 Å². The molecule has 1 amide bonds. The van der Waals surface area contributed by atoms with Crippen molar-refractivity contribution in [3.63, 3.8) is 0 Å². The highest BCUT2D eigenvalue weighted by atomic mass is 35.5. The van der Waals surface area contributed by atoms with Crippen LogP contribution in [0.3, 0.4) is 0 Å². The number of ether oxygens (including phenoxy) is 1. The molecule has 2 unspecified atom stereocenters. The minimum absolute atomic E-state index is 0.00551. The van der Waals surface area contributed by atoms with Gasteiger partial charge in [0.05, 0.1) is 28.8 Å². The molecule has 2 heterocycles. The molecule has 2 aromatic carbocycles. The summed E-state index contributed by atoms with van der Waals surface area (Å²) >= 11 is 7.20. The van der Waals surface area contributed by atoms with Gasteiger partial charge < -0.3 is 10.1 Å². The lowest BCUT2D eigenvalue weighted by molar-refractivity contribution is -0.120. The molecule has 6 nitrogen and oxygen atoms in total. The van der Waals surface area contributed by atoms with Crippen LogP contribution >= 0.6 is 23.4 Å². The van der Waals surface area contributed by atoms with Crippen LogP contribution in [0.2, 0.25) is 5.02 Å². The average molecular weight is 458 g/mol. The van der Waals surface area contributed by atoms with E-state index < -0.39 is 5.25 Å². The number of carbonyl (C=O) groups is 1. The zero-order valence-corrected chi connectivity index (χ0v) is 18.8. The van der Waals surface area contributed by atoms with E-state index in [0.717, 1.165) is 18.4 Å². The van der Waals surface area contributed by atoms with Gasteiger partial charge in [0, 0.05) is 18.2 Å². The van der Waals surface area contributed by atoms with Gasteiger partial charge in [-0.15, -0.1) is 0 Å². The van der Waals surface area contributed by atoms with E-state index in [4.69, 9.17) is 21.3 Å². The van der Waals surface area contributed by atoms with Crippen molar-refractivity contribution in [2.75, 3.05) is 6.61 Å². The van der Waals surface area contributed by atoms with Gasteiger partial charge in [0.25, 0.3) is 5.56 Å². The van der Waals surface area contributed by atoms with Crippen LogP contribution in [-0.2, 0) is 22.6 Å². The van der Waals surface area contributed by atoms with Gasteiger partial charge in [0.1, 0.15) is 0 Å². The van der Waals surface area contributed by atoms with Gasteiger partial charge in [-0.05, 0) is 49.6 Å². The van der Waals surface area contributed by atoms with Crippen molar-refractivity contribution in [3.8, 4) is 0 Å². The first-order valence-corrected chi connectivity index (χ1v) is 11.6. The van der Waals surface area contributed by atoms with Crippen LogP contribution in [0.5, 0.6) is 0 Å². The van der Waals surface area contributed by atoms with Gasteiger partial charge in [0.2, 0.25) is 5.91 Å². The number of aromatic nitrogens is 2. The summed E-state index contributed by atoms with van der Waals surface area (Å²) in [6, 6.07) is 14.6. The lowest BCUT2D eigenvalue weighted by atomic mass is 10.2. The van der Waals surface area contributed by atoms with Crippen LogP contribution in [0.25, 0.3) is 10.9 Å². The third-order valence-electron chi connectivity index (χ3n) is 5.27. The summed E-state index contributed by atoms with van der Waals surface area (Å²) in [5, 5.41) is 4.29. The van der Waals surface area contributed by atoms with E-state index >= 15 is 0 Å². The maximum atomic E-state index is 13.2. The molecule has 162 valence electrons. The zero-order valence-electron chi connectivity index (χ0n) is 17.2. The summed E-state index contributed by atoms with van der Waals surface area (Å²) in [5.41, 5.74) is 1.50. The van der Waals surface area contributed by atoms with Crippen molar-refractivity contribution in [2.45, 2.75) is 49.4 Å². The van der Waals surface area contributed by atoms with E-state index in [1.807, 2.05) is 37.3 Å². The summed E-state index contributed by atoms with van der Waals surface area (Å²) in [7, 11) is 0. The van der Waals surface area contributed by atoms with Gasteiger partial charge in [-0.25, -0.2) is 4.98 Å². The highest BCUT2D eigenvalue weighted by molar-refractivity contribution is 8.00. The van der Waals surface area contributed by atoms with Crippen molar-refractivity contribution in [3.05, 3.63) is 69.5 Å². The number of rotatable bonds is 7. The van der Waals surface area contributed by atoms with Crippen LogP contribution in [0.4, 0.5) is 0 Å². The maximum absolute atomic E-state index is 13.2. The minimum Gasteiger partial charge on any atom is -0.376 e. The normalized spacial score (nSPS) is 17.0. The molecule has 31 heavy (non-hydrogen) atoms. The SMILES string of the molecule is CC(Sc1nc2ccccc2c(=O)n1CC1CCCO1)C(=O)NCc1ccc(Cl)cc1. The monoisotopic (exact) mass is 457 g/mol. The molecule has 4 rings (SSSR count). The predicted octanol–water partition coefficient (Wildman–Crippen LogP) is 4.03. The second-order valence-corrected chi connectivity index (χ2v) is 9.31. The Balaban J connectivity index is 1.53. The quantitative estimate of drug-likeness (QED) is 0.428. The van der Waals surface area contributed by atoms with Crippen molar-refractivity contribution in [1.82, 2.24) is 14.9 Å².